The first-order chi connectivity index (χ1) is 9.08. The lowest BCUT2D eigenvalue weighted by Gasteiger charge is -2.09. The number of methoxy groups -OCH3 is 1. The highest BCUT2D eigenvalue weighted by atomic mass is 79.9. The van der Waals surface area contributed by atoms with E-state index in [-0.39, 0.29) is 5.82 Å². The van der Waals surface area contributed by atoms with E-state index in [2.05, 4.69) is 26.2 Å². The second-order valence-electron chi connectivity index (χ2n) is 4.12. The molecule has 2 rings (SSSR count). The van der Waals surface area contributed by atoms with E-state index in [1.54, 1.807) is 6.07 Å². The largest absolute Gasteiger partial charge is 0.497 e. The first-order valence-electron chi connectivity index (χ1n) is 5.79. The monoisotopic (exact) mass is 324 g/mol. The lowest BCUT2D eigenvalue weighted by atomic mass is 10.2. The Balaban J connectivity index is 2.09. The maximum absolute atomic E-state index is 13.3. The number of aryl methyl sites for hydroxylation is 1. The lowest BCUT2D eigenvalue weighted by Crippen LogP contribution is -2.03. The number of pyridine rings is 1. The van der Waals surface area contributed by atoms with Crippen LogP contribution in [0.15, 0.2) is 34.8 Å². The van der Waals surface area contributed by atoms with Crippen molar-refractivity contribution in [1.29, 1.82) is 0 Å². The van der Waals surface area contributed by atoms with E-state index in [0.717, 1.165) is 21.5 Å². The normalized spacial score (nSPS) is 10.3. The van der Waals surface area contributed by atoms with Gasteiger partial charge in [0.05, 0.1) is 12.8 Å². The topological polar surface area (TPSA) is 34.1 Å². The zero-order valence-corrected chi connectivity index (χ0v) is 12.3. The van der Waals surface area contributed by atoms with Crippen LogP contribution in [0.2, 0.25) is 0 Å². The van der Waals surface area contributed by atoms with Crippen LogP contribution in [-0.4, -0.2) is 12.1 Å². The smallest absolute Gasteiger partial charge is 0.127 e. The summed E-state index contributed by atoms with van der Waals surface area (Å²) in [5.41, 5.74) is 1.71. The Bertz CT molecular complexity index is 590. The van der Waals surface area contributed by atoms with Gasteiger partial charge in [0, 0.05) is 17.1 Å². The van der Waals surface area contributed by atoms with Crippen LogP contribution in [0, 0.1) is 12.7 Å². The van der Waals surface area contributed by atoms with Gasteiger partial charge in [0.1, 0.15) is 17.4 Å². The second-order valence-corrected chi connectivity index (χ2v) is 4.97. The number of benzene rings is 1. The fourth-order valence-corrected chi connectivity index (χ4v) is 1.90. The molecule has 0 amide bonds. The van der Waals surface area contributed by atoms with Crippen molar-refractivity contribution in [3.63, 3.8) is 0 Å². The first-order valence-corrected chi connectivity index (χ1v) is 6.58. The standard InChI is InChI=1S/C14H14BrFN2O/c1-9-13(15)3-4-14(18-9)17-8-10-5-11(16)7-12(6-10)19-2/h3-7H,8H2,1-2H3,(H,17,18). The predicted octanol–water partition coefficient (Wildman–Crippen LogP) is 3.91. The average Bonchev–Trinajstić information content (AvgIpc) is 2.39. The summed E-state index contributed by atoms with van der Waals surface area (Å²) in [5.74, 6) is 0.955. The highest BCUT2D eigenvalue weighted by Crippen LogP contribution is 2.19. The highest BCUT2D eigenvalue weighted by Gasteiger charge is 2.03. The number of ether oxygens (including phenoxy) is 1. The predicted molar refractivity (Wildman–Crippen MR) is 77.0 cm³/mol. The SMILES string of the molecule is COc1cc(F)cc(CNc2ccc(Br)c(C)n2)c1. The Morgan fingerprint density at radius 2 is 2.11 bits per heavy atom. The zero-order valence-electron chi connectivity index (χ0n) is 10.7. The van der Waals surface area contributed by atoms with E-state index >= 15 is 0 Å². The molecular formula is C14H14BrFN2O. The molecule has 0 saturated carbocycles. The second kappa shape index (κ2) is 6.02. The van der Waals surface area contributed by atoms with Gasteiger partial charge in [-0.1, -0.05) is 0 Å². The molecule has 2 aromatic rings. The van der Waals surface area contributed by atoms with E-state index in [0.29, 0.717) is 12.3 Å². The molecule has 3 nitrogen and oxygen atoms in total. The van der Waals surface area contributed by atoms with Crippen LogP contribution in [0.5, 0.6) is 5.75 Å². The minimum absolute atomic E-state index is 0.309. The number of nitrogens with zero attached hydrogens (tertiary/aromatic N) is 1. The van der Waals surface area contributed by atoms with Crippen molar-refractivity contribution in [2.45, 2.75) is 13.5 Å². The number of halogens is 2. The first kappa shape index (κ1) is 13.8. The van der Waals surface area contributed by atoms with Crippen LogP contribution in [-0.2, 0) is 6.54 Å². The van der Waals surface area contributed by atoms with E-state index in [1.807, 2.05) is 19.1 Å². The van der Waals surface area contributed by atoms with Crippen LogP contribution in [0.4, 0.5) is 10.2 Å². The average molecular weight is 325 g/mol. The van der Waals surface area contributed by atoms with Gasteiger partial charge < -0.3 is 10.1 Å². The fourth-order valence-electron chi connectivity index (χ4n) is 1.68. The van der Waals surface area contributed by atoms with Crippen molar-refractivity contribution in [2.24, 2.45) is 0 Å². The van der Waals surface area contributed by atoms with E-state index in [9.17, 15) is 4.39 Å². The molecule has 0 unspecified atom stereocenters. The molecule has 5 heteroatoms. The molecule has 0 aliphatic carbocycles. The van der Waals surface area contributed by atoms with Gasteiger partial charge in [0.25, 0.3) is 0 Å². The third-order valence-electron chi connectivity index (χ3n) is 2.66. The molecular weight excluding hydrogens is 311 g/mol. The van der Waals surface area contributed by atoms with Gasteiger partial charge in [-0.2, -0.15) is 0 Å². The van der Waals surface area contributed by atoms with Crippen LogP contribution < -0.4 is 10.1 Å². The van der Waals surface area contributed by atoms with Gasteiger partial charge in [-0.05, 0) is 52.7 Å². The minimum Gasteiger partial charge on any atom is -0.497 e. The van der Waals surface area contributed by atoms with Crippen molar-refractivity contribution in [3.8, 4) is 5.75 Å². The van der Waals surface area contributed by atoms with Gasteiger partial charge in [-0.25, -0.2) is 9.37 Å². The Kier molecular flexibility index (Phi) is 4.37. The van der Waals surface area contributed by atoms with Crippen molar-refractivity contribution in [2.75, 3.05) is 12.4 Å². The van der Waals surface area contributed by atoms with Crippen molar-refractivity contribution < 1.29 is 9.13 Å². The number of anilines is 1. The van der Waals surface area contributed by atoms with E-state index in [1.165, 1.54) is 19.2 Å². The van der Waals surface area contributed by atoms with Crippen molar-refractivity contribution in [1.82, 2.24) is 4.98 Å². The van der Waals surface area contributed by atoms with Gasteiger partial charge in [0.2, 0.25) is 0 Å². The summed E-state index contributed by atoms with van der Waals surface area (Å²) in [7, 11) is 1.52. The van der Waals surface area contributed by atoms with Gasteiger partial charge in [0.15, 0.2) is 0 Å². The van der Waals surface area contributed by atoms with Gasteiger partial charge in [-0.15, -0.1) is 0 Å². The molecule has 100 valence electrons. The Labute approximate surface area is 119 Å². The summed E-state index contributed by atoms with van der Waals surface area (Å²) in [6.07, 6.45) is 0. The molecule has 1 N–H and O–H groups in total. The van der Waals surface area contributed by atoms with E-state index in [4.69, 9.17) is 4.74 Å². The molecule has 1 aromatic heterocycles. The molecule has 1 aromatic carbocycles. The molecule has 1 heterocycles. The van der Waals surface area contributed by atoms with Crippen molar-refractivity contribution >= 4 is 21.7 Å². The Hall–Kier alpha value is -1.62. The van der Waals surface area contributed by atoms with Crippen LogP contribution in [0.25, 0.3) is 0 Å². The highest BCUT2D eigenvalue weighted by molar-refractivity contribution is 9.10. The molecule has 0 fully saturated rings. The quantitative estimate of drug-likeness (QED) is 0.925. The summed E-state index contributed by atoms with van der Waals surface area (Å²) in [6.45, 7) is 2.41. The van der Waals surface area contributed by atoms with Crippen LogP contribution in [0.1, 0.15) is 11.3 Å². The maximum atomic E-state index is 13.3. The molecule has 0 aliphatic rings. The third-order valence-corrected chi connectivity index (χ3v) is 3.50. The summed E-state index contributed by atoms with van der Waals surface area (Å²) >= 11 is 3.40. The lowest BCUT2D eigenvalue weighted by molar-refractivity contribution is 0.410. The molecule has 0 saturated heterocycles. The van der Waals surface area contributed by atoms with Gasteiger partial charge >= 0.3 is 0 Å². The fraction of sp³-hybridized carbons (Fsp3) is 0.214. The minimum atomic E-state index is -0.309. The summed E-state index contributed by atoms with van der Waals surface area (Å²) in [4.78, 5) is 4.37. The molecule has 0 aliphatic heterocycles. The number of rotatable bonds is 4. The van der Waals surface area contributed by atoms with Crippen molar-refractivity contribution in [3.05, 3.63) is 51.9 Å². The number of aromatic nitrogens is 1. The van der Waals surface area contributed by atoms with E-state index < -0.39 is 0 Å². The Morgan fingerprint density at radius 3 is 2.79 bits per heavy atom. The molecule has 19 heavy (non-hydrogen) atoms. The third kappa shape index (κ3) is 3.67. The van der Waals surface area contributed by atoms with Crippen LogP contribution >= 0.6 is 15.9 Å². The van der Waals surface area contributed by atoms with Crippen LogP contribution in [0.3, 0.4) is 0 Å². The number of hydrogen-bond acceptors (Lipinski definition) is 3. The maximum Gasteiger partial charge on any atom is 0.127 e. The molecule has 0 atom stereocenters. The summed E-state index contributed by atoms with van der Waals surface area (Å²) in [6, 6.07) is 8.42. The Morgan fingerprint density at radius 1 is 1.32 bits per heavy atom. The zero-order chi connectivity index (χ0) is 13.8. The summed E-state index contributed by atoms with van der Waals surface area (Å²) < 4.78 is 19.3. The molecule has 0 spiro atoms. The number of nitrogens with one attached hydrogen (secondary N) is 1. The molecule has 0 radical (unpaired) electrons. The molecule has 0 bridgehead atoms. The number of hydrogen-bond donors (Lipinski definition) is 1. The van der Waals surface area contributed by atoms with Gasteiger partial charge in [-0.3, -0.25) is 0 Å². The summed E-state index contributed by atoms with van der Waals surface area (Å²) in [5, 5.41) is 3.15.